The first-order valence-electron chi connectivity index (χ1n) is 12.4. The van der Waals surface area contributed by atoms with Crippen LogP contribution in [0.2, 0.25) is 5.02 Å². The van der Waals surface area contributed by atoms with Gasteiger partial charge in [-0.05, 0) is 55.9 Å². The van der Waals surface area contributed by atoms with Gasteiger partial charge in [0.2, 0.25) is 0 Å². The Labute approximate surface area is 226 Å². The van der Waals surface area contributed by atoms with Gasteiger partial charge in [-0.2, -0.15) is 0 Å². The van der Waals surface area contributed by atoms with Crippen molar-refractivity contribution in [2.24, 2.45) is 5.92 Å². The molecule has 8 nitrogen and oxygen atoms in total. The third-order valence-electron chi connectivity index (χ3n) is 7.09. The number of benzene rings is 1. The molecule has 0 saturated heterocycles. The molecule has 3 heterocycles. The van der Waals surface area contributed by atoms with E-state index in [2.05, 4.69) is 15.3 Å². The van der Waals surface area contributed by atoms with Gasteiger partial charge in [-0.3, -0.25) is 23.9 Å². The third-order valence-corrected chi connectivity index (χ3v) is 7.29. The summed E-state index contributed by atoms with van der Waals surface area (Å²) in [7, 11) is 1.47. The standard InChI is InChI=1S/C27H25ClF3N5O3/c1-39-18-6-7-20(29)22(11-18)36-21-8-9-32-13-23(21)35(27(36)38)14-15-2-4-17(5-3-15)34-26(37)19-10-16(28)12-33-24(19)25(30)31/h6-13,15,17,25H,2-5,14H2,1H3,(H,34,37). The molecule has 1 amide bonds. The monoisotopic (exact) mass is 559 g/mol. The molecule has 1 N–H and O–H groups in total. The second-order valence-corrected chi connectivity index (χ2v) is 9.92. The van der Waals surface area contributed by atoms with Crippen molar-refractivity contribution in [3.63, 3.8) is 0 Å². The number of nitrogens with one attached hydrogen (secondary N) is 1. The zero-order chi connectivity index (χ0) is 27.7. The van der Waals surface area contributed by atoms with Gasteiger partial charge in [-0.25, -0.2) is 18.0 Å². The van der Waals surface area contributed by atoms with Crippen molar-refractivity contribution >= 4 is 28.5 Å². The molecular formula is C27H25ClF3N5O3. The van der Waals surface area contributed by atoms with Crippen molar-refractivity contribution in [3.8, 4) is 11.4 Å². The molecule has 3 aromatic heterocycles. The van der Waals surface area contributed by atoms with E-state index in [4.69, 9.17) is 16.3 Å². The number of imidazole rings is 1. The molecule has 0 radical (unpaired) electrons. The van der Waals surface area contributed by atoms with Crippen molar-refractivity contribution in [1.82, 2.24) is 24.4 Å². The lowest BCUT2D eigenvalue weighted by molar-refractivity contribution is 0.0904. The summed E-state index contributed by atoms with van der Waals surface area (Å²) < 4.78 is 49.6. The van der Waals surface area contributed by atoms with Crippen LogP contribution < -0.4 is 15.7 Å². The number of hydrogen-bond acceptors (Lipinski definition) is 5. The van der Waals surface area contributed by atoms with E-state index in [1.165, 1.54) is 35.9 Å². The highest BCUT2D eigenvalue weighted by Crippen LogP contribution is 2.29. The number of fused-ring (bicyclic) bond motifs is 1. The molecule has 5 rings (SSSR count). The van der Waals surface area contributed by atoms with E-state index in [0.29, 0.717) is 49.0 Å². The predicted molar refractivity (Wildman–Crippen MR) is 139 cm³/mol. The predicted octanol–water partition coefficient (Wildman–Crippen LogP) is 5.31. The lowest BCUT2D eigenvalue weighted by atomic mass is 9.85. The average molecular weight is 560 g/mol. The first kappa shape index (κ1) is 26.7. The molecule has 1 fully saturated rings. The summed E-state index contributed by atoms with van der Waals surface area (Å²) in [5.41, 5.74) is -0.0622. The Balaban J connectivity index is 1.33. The molecule has 1 aliphatic rings. The van der Waals surface area contributed by atoms with Crippen LogP contribution in [0.15, 0.2) is 53.7 Å². The Morgan fingerprint density at radius 1 is 1.15 bits per heavy atom. The smallest absolute Gasteiger partial charge is 0.333 e. The number of halogens is 4. The summed E-state index contributed by atoms with van der Waals surface area (Å²) in [6, 6.07) is 6.85. The lowest BCUT2D eigenvalue weighted by Crippen LogP contribution is -2.39. The summed E-state index contributed by atoms with van der Waals surface area (Å²) >= 11 is 5.87. The number of rotatable bonds is 7. The highest BCUT2D eigenvalue weighted by molar-refractivity contribution is 6.30. The first-order chi connectivity index (χ1) is 18.8. The van der Waals surface area contributed by atoms with E-state index < -0.39 is 29.5 Å². The highest BCUT2D eigenvalue weighted by atomic mass is 35.5. The van der Waals surface area contributed by atoms with Crippen LogP contribution >= 0.6 is 11.6 Å². The molecule has 0 unspecified atom stereocenters. The largest absolute Gasteiger partial charge is 0.497 e. The molecule has 1 aromatic carbocycles. The number of nitrogens with zero attached hydrogens (tertiary/aromatic N) is 4. The maximum Gasteiger partial charge on any atom is 0.333 e. The van der Waals surface area contributed by atoms with Crippen LogP contribution in [0.5, 0.6) is 5.75 Å². The van der Waals surface area contributed by atoms with Crippen LogP contribution in [0, 0.1) is 11.7 Å². The zero-order valence-electron chi connectivity index (χ0n) is 20.9. The van der Waals surface area contributed by atoms with Crippen LogP contribution in [-0.4, -0.2) is 38.2 Å². The normalized spacial score (nSPS) is 17.5. The Bertz CT molecular complexity index is 1580. The minimum Gasteiger partial charge on any atom is -0.497 e. The molecule has 12 heteroatoms. The SMILES string of the molecule is COc1ccc(F)c(-n2c(=O)n(CC3CCC(NC(=O)c4cc(Cl)cnc4C(F)F)CC3)c3cnccc32)c1. The summed E-state index contributed by atoms with van der Waals surface area (Å²) in [6.45, 7) is 0.383. The maximum absolute atomic E-state index is 14.8. The van der Waals surface area contributed by atoms with Gasteiger partial charge in [0.1, 0.15) is 17.3 Å². The number of hydrogen-bond donors (Lipinski definition) is 1. The number of pyridine rings is 2. The van der Waals surface area contributed by atoms with E-state index in [9.17, 15) is 22.8 Å². The zero-order valence-corrected chi connectivity index (χ0v) is 21.7. The van der Waals surface area contributed by atoms with E-state index in [-0.39, 0.29) is 28.2 Å². The second kappa shape index (κ2) is 11.1. The summed E-state index contributed by atoms with van der Waals surface area (Å²) in [5.74, 6) is -0.679. The topological polar surface area (TPSA) is 91.0 Å². The lowest BCUT2D eigenvalue weighted by Gasteiger charge is -2.29. The van der Waals surface area contributed by atoms with Gasteiger partial charge in [0, 0.05) is 31.0 Å². The number of aromatic nitrogens is 4. The third kappa shape index (κ3) is 5.36. The minimum atomic E-state index is -2.90. The summed E-state index contributed by atoms with van der Waals surface area (Å²) in [5, 5.41) is 2.92. The van der Waals surface area contributed by atoms with Crippen molar-refractivity contribution in [2.75, 3.05) is 7.11 Å². The Morgan fingerprint density at radius 2 is 1.92 bits per heavy atom. The molecule has 39 heavy (non-hydrogen) atoms. The Morgan fingerprint density at radius 3 is 2.64 bits per heavy atom. The molecule has 1 saturated carbocycles. The average Bonchev–Trinajstić information content (AvgIpc) is 3.20. The quantitative estimate of drug-likeness (QED) is 0.331. The fourth-order valence-electron chi connectivity index (χ4n) is 5.12. The minimum absolute atomic E-state index is 0.0828. The van der Waals surface area contributed by atoms with Gasteiger partial charge in [0.15, 0.2) is 0 Å². The number of carbonyl (C=O) groups is 1. The number of methoxy groups -OCH3 is 1. The second-order valence-electron chi connectivity index (χ2n) is 9.49. The summed E-state index contributed by atoms with van der Waals surface area (Å²) in [6.07, 6.45) is 3.89. The van der Waals surface area contributed by atoms with Gasteiger partial charge in [0.05, 0.1) is 40.6 Å². The number of ether oxygens (including phenoxy) is 1. The Kier molecular flexibility index (Phi) is 7.60. The first-order valence-corrected chi connectivity index (χ1v) is 12.8. The molecule has 0 atom stereocenters. The van der Waals surface area contributed by atoms with E-state index in [1.54, 1.807) is 23.0 Å². The van der Waals surface area contributed by atoms with E-state index in [1.807, 2.05) is 0 Å². The van der Waals surface area contributed by atoms with Gasteiger partial charge < -0.3 is 10.1 Å². The maximum atomic E-state index is 14.8. The van der Waals surface area contributed by atoms with Crippen LogP contribution in [-0.2, 0) is 6.54 Å². The molecule has 0 aliphatic heterocycles. The van der Waals surface area contributed by atoms with Gasteiger partial charge in [0.25, 0.3) is 12.3 Å². The van der Waals surface area contributed by atoms with Crippen LogP contribution in [0.1, 0.15) is 48.2 Å². The van der Waals surface area contributed by atoms with Crippen molar-refractivity contribution < 1.29 is 22.7 Å². The molecule has 0 spiro atoms. The van der Waals surface area contributed by atoms with Gasteiger partial charge in [-0.1, -0.05) is 11.6 Å². The van der Waals surface area contributed by atoms with Crippen LogP contribution in [0.4, 0.5) is 13.2 Å². The number of alkyl halides is 2. The molecular weight excluding hydrogens is 535 g/mol. The fraction of sp³-hybridized carbons (Fsp3) is 0.333. The van der Waals surface area contributed by atoms with Crippen molar-refractivity contribution in [1.29, 1.82) is 0 Å². The molecule has 1 aliphatic carbocycles. The van der Waals surface area contributed by atoms with Crippen molar-refractivity contribution in [2.45, 2.75) is 44.7 Å². The van der Waals surface area contributed by atoms with E-state index in [0.717, 1.165) is 6.20 Å². The molecule has 0 bridgehead atoms. The number of carbonyl (C=O) groups excluding carboxylic acids is 1. The van der Waals surface area contributed by atoms with Crippen LogP contribution in [0.3, 0.4) is 0 Å². The van der Waals surface area contributed by atoms with E-state index >= 15 is 0 Å². The number of amides is 1. The highest BCUT2D eigenvalue weighted by Gasteiger charge is 2.27. The van der Waals surface area contributed by atoms with Crippen molar-refractivity contribution in [3.05, 3.63) is 81.5 Å². The fourth-order valence-corrected chi connectivity index (χ4v) is 5.28. The molecule has 4 aromatic rings. The molecule has 204 valence electrons. The van der Waals surface area contributed by atoms with Gasteiger partial charge in [-0.15, -0.1) is 0 Å². The van der Waals surface area contributed by atoms with Crippen LogP contribution in [0.25, 0.3) is 16.7 Å². The Hall–Kier alpha value is -3.86. The van der Waals surface area contributed by atoms with Gasteiger partial charge >= 0.3 is 5.69 Å². The summed E-state index contributed by atoms with van der Waals surface area (Å²) in [4.78, 5) is 34.1.